The third-order valence-corrected chi connectivity index (χ3v) is 3.79. The van der Waals surface area contributed by atoms with Crippen molar-refractivity contribution in [3.63, 3.8) is 0 Å². The zero-order valence-corrected chi connectivity index (χ0v) is 11.0. The van der Waals surface area contributed by atoms with Crippen LogP contribution in [0, 0.1) is 3.57 Å². The molecule has 0 radical (unpaired) electrons. The maximum Gasteiger partial charge on any atom is 0.213 e. The predicted octanol–water partition coefficient (Wildman–Crippen LogP) is 0.0423. The Morgan fingerprint density at radius 3 is 2.87 bits per heavy atom. The summed E-state index contributed by atoms with van der Waals surface area (Å²) in [5, 5.41) is 2.93. The van der Waals surface area contributed by atoms with Crippen LogP contribution in [-0.4, -0.2) is 37.7 Å². The summed E-state index contributed by atoms with van der Waals surface area (Å²) < 4.78 is 25.3. The number of hydrogen-bond donors (Lipinski definition) is 2. The van der Waals surface area contributed by atoms with Gasteiger partial charge in [0.15, 0.2) is 0 Å². The SMILES string of the molecule is CNS(=O)(=O)CCNc1ncncc1I. The molecule has 0 saturated heterocycles. The molecule has 6 nitrogen and oxygen atoms in total. The van der Waals surface area contributed by atoms with Gasteiger partial charge in [-0.1, -0.05) is 0 Å². The molecule has 0 spiro atoms. The third-order valence-electron chi connectivity index (χ3n) is 1.64. The van der Waals surface area contributed by atoms with E-state index in [0.717, 1.165) is 3.57 Å². The summed E-state index contributed by atoms with van der Waals surface area (Å²) in [6, 6.07) is 0. The van der Waals surface area contributed by atoms with Gasteiger partial charge in [-0.3, -0.25) is 0 Å². The molecule has 1 heterocycles. The van der Waals surface area contributed by atoms with Crippen molar-refractivity contribution in [2.24, 2.45) is 0 Å². The van der Waals surface area contributed by atoms with Gasteiger partial charge in [-0.25, -0.2) is 23.1 Å². The largest absolute Gasteiger partial charge is 0.368 e. The fourth-order valence-corrected chi connectivity index (χ4v) is 1.91. The minimum Gasteiger partial charge on any atom is -0.368 e. The van der Waals surface area contributed by atoms with Crippen LogP contribution >= 0.6 is 22.6 Å². The van der Waals surface area contributed by atoms with Crippen molar-refractivity contribution in [1.29, 1.82) is 0 Å². The van der Waals surface area contributed by atoms with E-state index in [1.807, 2.05) is 0 Å². The van der Waals surface area contributed by atoms with Crippen molar-refractivity contribution in [2.45, 2.75) is 0 Å². The van der Waals surface area contributed by atoms with Crippen LogP contribution in [0.1, 0.15) is 0 Å². The summed E-state index contributed by atoms with van der Waals surface area (Å²) in [5.41, 5.74) is 0. The first kappa shape index (κ1) is 12.6. The van der Waals surface area contributed by atoms with Crippen LogP contribution in [0.25, 0.3) is 0 Å². The van der Waals surface area contributed by atoms with Crippen LogP contribution in [-0.2, 0) is 10.0 Å². The highest BCUT2D eigenvalue weighted by Gasteiger charge is 2.06. The lowest BCUT2D eigenvalue weighted by Gasteiger charge is -2.06. The molecule has 1 aromatic rings. The molecule has 0 bridgehead atoms. The highest BCUT2D eigenvalue weighted by atomic mass is 127. The van der Waals surface area contributed by atoms with Gasteiger partial charge in [0.05, 0.1) is 9.32 Å². The number of hydrogen-bond acceptors (Lipinski definition) is 5. The molecule has 1 rings (SSSR count). The Morgan fingerprint density at radius 2 is 2.27 bits per heavy atom. The Balaban J connectivity index is 2.49. The molecule has 0 unspecified atom stereocenters. The predicted molar refractivity (Wildman–Crippen MR) is 66.1 cm³/mol. The van der Waals surface area contributed by atoms with Crippen molar-refractivity contribution in [1.82, 2.24) is 14.7 Å². The second kappa shape index (κ2) is 5.56. The Labute approximate surface area is 102 Å². The molecule has 8 heteroatoms. The van der Waals surface area contributed by atoms with E-state index < -0.39 is 10.0 Å². The zero-order valence-electron chi connectivity index (χ0n) is 8.07. The Bertz CT molecular complexity index is 423. The number of halogens is 1. The van der Waals surface area contributed by atoms with E-state index in [0.29, 0.717) is 12.4 Å². The minimum absolute atomic E-state index is 0.0174. The van der Waals surface area contributed by atoms with Gasteiger partial charge in [0, 0.05) is 12.7 Å². The molecule has 0 fully saturated rings. The van der Waals surface area contributed by atoms with Crippen LogP contribution in [0.3, 0.4) is 0 Å². The second-order valence-electron chi connectivity index (χ2n) is 2.67. The normalized spacial score (nSPS) is 11.3. The van der Waals surface area contributed by atoms with Crippen molar-refractivity contribution < 1.29 is 8.42 Å². The van der Waals surface area contributed by atoms with Gasteiger partial charge in [0.2, 0.25) is 10.0 Å². The molecular weight excluding hydrogens is 331 g/mol. The lowest BCUT2D eigenvalue weighted by Crippen LogP contribution is -2.26. The number of sulfonamides is 1. The van der Waals surface area contributed by atoms with Crippen LogP contribution in [0.4, 0.5) is 5.82 Å². The first-order valence-electron chi connectivity index (χ1n) is 4.16. The van der Waals surface area contributed by atoms with E-state index in [2.05, 4.69) is 42.6 Å². The Kier molecular flexibility index (Phi) is 4.67. The highest BCUT2D eigenvalue weighted by molar-refractivity contribution is 14.1. The van der Waals surface area contributed by atoms with E-state index in [4.69, 9.17) is 0 Å². The molecule has 0 atom stereocenters. The molecule has 84 valence electrons. The summed E-state index contributed by atoms with van der Waals surface area (Å²) in [6.07, 6.45) is 3.07. The molecule has 2 N–H and O–H groups in total. The summed E-state index contributed by atoms with van der Waals surface area (Å²) in [6.45, 7) is 0.316. The molecule has 0 aliphatic carbocycles. The average molecular weight is 342 g/mol. The van der Waals surface area contributed by atoms with Crippen molar-refractivity contribution in [3.8, 4) is 0 Å². The lowest BCUT2D eigenvalue weighted by atomic mass is 10.5. The van der Waals surface area contributed by atoms with Crippen molar-refractivity contribution >= 4 is 38.4 Å². The maximum atomic E-state index is 11.1. The topological polar surface area (TPSA) is 84.0 Å². The molecule has 0 saturated carbocycles. The number of aromatic nitrogens is 2. The number of nitrogens with zero attached hydrogens (tertiary/aromatic N) is 2. The summed E-state index contributed by atoms with van der Waals surface area (Å²) >= 11 is 2.08. The van der Waals surface area contributed by atoms with E-state index in [-0.39, 0.29) is 5.75 Å². The van der Waals surface area contributed by atoms with Crippen LogP contribution < -0.4 is 10.0 Å². The van der Waals surface area contributed by atoms with Gasteiger partial charge < -0.3 is 5.32 Å². The van der Waals surface area contributed by atoms with Crippen molar-refractivity contribution in [2.75, 3.05) is 24.7 Å². The van der Waals surface area contributed by atoms with E-state index >= 15 is 0 Å². The summed E-state index contributed by atoms with van der Waals surface area (Å²) in [4.78, 5) is 7.81. The molecular formula is C7H11IN4O2S. The fraction of sp³-hybridized carbons (Fsp3) is 0.429. The Hall–Kier alpha value is -0.480. The smallest absolute Gasteiger partial charge is 0.213 e. The first-order chi connectivity index (χ1) is 7.05. The number of anilines is 1. The summed E-state index contributed by atoms with van der Waals surface area (Å²) in [7, 11) is -1.77. The molecule has 0 amide bonds. The third kappa shape index (κ3) is 4.26. The van der Waals surface area contributed by atoms with Crippen LogP contribution in [0.2, 0.25) is 0 Å². The van der Waals surface area contributed by atoms with E-state index in [1.165, 1.54) is 13.4 Å². The van der Waals surface area contributed by atoms with Crippen molar-refractivity contribution in [3.05, 3.63) is 16.1 Å². The second-order valence-corrected chi connectivity index (χ2v) is 5.88. The van der Waals surface area contributed by atoms with Gasteiger partial charge in [0.25, 0.3) is 0 Å². The monoisotopic (exact) mass is 342 g/mol. The number of nitrogens with one attached hydrogen (secondary N) is 2. The lowest BCUT2D eigenvalue weighted by molar-refractivity contribution is 0.588. The Morgan fingerprint density at radius 1 is 1.53 bits per heavy atom. The maximum absolute atomic E-state index is 11.1. The van der Waals surface area contributed by atoms with E-state index in [9.17, 15) is 8.42 Å². The first-order valence-corrected chi connectivity index (χ1v) is 6.89. The molecule has 0 aliphatic rings. The number of rotatable bonds is 5. The van der Waals surface area contributed by atoms with Gasteiger partial charge in [-0.05, 0) is 29.6 Å². The van der Waals surface area contributed by atoms with Crippen LogP contribution in [0.5, 0.6) is 0 Å². The van der Waals surface area contributed by atoms with E-state index in [1.54, 1.807) is 6.20 Å². The highest BCUT2D eigenvalue weighted by Crippen LogP contribution is 2.11. The van der Waals surface area contributed by atoms with Gasteiger partial charge in [-0.2, -0.15) is 0 Å². The van der Waals surface area contributed by atoms with Gasteiger partial charge in [0.1, 0.15) is 12.1 Å². The van der Waals surface area contributed by atoms with Crippen LogP contribution in [0.15, 0.2) is 12.5 Å². The molecule has 1 aromatic heterocycles. The molecule has 15 heavy (non-hydrogen) atoms. The molecule has 0 aromatic carbocycles. The fourth-order valence-electron chi connectivity index (χ4n) is 0.849. The standard InChI is InChI=1S/C7H11IN4O2S/c1-9-15(13,14)3-2-11-7-6(8)4-10-5-12-7/h4-5,9H,2-3H2,1H3,(H,10,11,12). The zero-order chi connectivity index (χ0) is 11.3. The van der Waals surface area contributed by atoms with Gasteiger partial charge >= 0.3 is 0 Å². The van der Waals surface area contributed by atoms with Gasteiger partial charge in [-0.15, -0.1) is 0 Å². The molecule has 0 aliphatic heterocycles. The minimum atomic E-state index is -3.16. The quantitative estimate of drug-likeness (QED) is 0.739. The summed E-state index contributed by atoms with van der Waals surface area (Å²) in [5.74, 6) is 0.667. The average Bonchev–Trinajstić information content (AvgIpc) is 2.21.